The van der Waals surface area contributed by atoms with Crippen LogP contribution in [0.5, 0.6) is 0 Å². The number of piperazine rings is 1. The fourth-order valence-corrected chi connectivity index (χ4v) is 4.42. The van der Waals surface area contributed by atoms with Crippen LogP contribution in [0.4, 0.5) is 0 Å². The van der Waals surface area contributed by atoms with Crippen molar-refractivity contribution in [1.29, 1.82) is 0 Å². The average Bonchev–Trinajstić information content (AvgIpc) is 2.45. The SMILES string of the molecule is CC1CN(C2CCCS2(=O)=O)CCN1. The van der Waals surface area contributed by atoms with E-state index in [0.29, 0.717) is 11.8 Å². The fraction of sp³-hybridized carbons (Fsp3) is 1.00. The molecule has 2 unspecified atom stereocenters. The van der Waals surface area contributed by atoms with E-state index in [1.54, 1.807) is 0 Å². The van der Waals surface area contributed by atoms with Crippen LogP contribution in [0, 0.1) is 0 Å². The Kier molecular flexibility index (Phi) is 2.81. The third kappa shape index (κ3) is 1.94. The lowest BCUT2D eigenvalue weighted by Crippen LogP contribution is -2.53. The predicted molar refractivity (Wildman–Crippen MR) is 55.8 cm³/mol. The maximum atomic E-state index is 11.7. The molecule has 2 rings (SSSR count). The molecule has 2 aliphatic rings. The molecule has 82 valence electrons. The van der Waals surface area contributed by atoms with Gasteiger partial charge in [0, 0.05) is 25.7 Å². The summed E-state index contributed by atoms with van der Waals surface area (Å²) in [5, 5.41) is 3.14. The smallest absolute Gasteiger partial charge is 0.166 e. The second kappa shape index (κ2) is 3.79. The number of sulfone groups is 1. The van der Waals surface area contributed by atoms with Crippen LogP contribution >= 0.6 is 0 Å². The molecule has 0 spiro atoms. The zero-order valence-corrected chi connectivity index (χ0v) is 9.39. The molecule has 2 fully saturated rings. The molecule has 0 radical (unpaired) electrons. The van der Waals surface area contributed by atoms with E-state index in [2.05, 4.69) is 17.1 Å². The molecule has 2 heterocycles. The minimum absolute atomic E-state index is 0.188. The molecule has 0 bridgehead atoms. The van der Waals surface area contributed by atoms with Crippen molar-refractivity contribution in [1.82, 2.24) is 10.2 Å². The van der Waals surface area contributed by atoms with E-state index in [1.807, 2.05) is 0 Å². The summed E-state index contributed by atoms with van der Waals surface area (Å²) in [4.78, 5) is 2.13. The Hall–Kier alpha value is -0.130. The lowest BCUT2D eigenvalue weighted by Gasteiger charge is -2.35. The van der Waals surface area contributed by atoms with E-state index < -0.39 is 9.84 Å². The Bertz CT molecular complexity index is 302. The zero-order valence-electron chi connectivity index (χ0n) is 8.57. The second-order valence-electron chi connectivity index (χ2n) is 4.31. The normalized spacial score (nSPS) is 38.6. The number of hydrogen-bond donors (Lipinski definition) is 1. The summed E-state index contributed by atoms with van der Waals surface area (Å²) in [5.41, 5.74) is 0. The van der Waals surface area contributed by atoms with Crippen LogP contribution in [-0.2, 0) is 9.84 Å². The molecule has 5 heteroatoms. The van der Waals surface area contributed by atoms with Crippen molar-refractivity contribution in [2.75, 3.05) is 25.4 Å². The van der Waals surface area contributed by atoms with Crippen molar-refractivity contribution in [3.8, 4) is 0 Å². The average molecular weight is 218 g/mol. The number of rotatable bonds is 1. The lowest BCUT2D eigenvalue weighted by molar-refractivity contribution is 0.186. The molecule has 0 aliphatic carbocycles. The molecule has 2 aliphatic heterocycles. The first kappa shape index (κ1) is 10.4. The molecule has 0 saturated carbocycles. The number of hydrogen-bond acceptors (Lipinski definition) is 4. The maximum absolute atomic E-state index is 11.7. The Morgan fingerprint density at radius 3 is 2.79 bits per heavy atom. The van der Waals surface area contributed by atoms with E-state index in [0.717, 1.165) is 32.5 Å². The van der Waals surface area contributed by atoms with Crippen LogP contribution in [0.1, 0.15) is 19.8 Å². The zero-order chi connectivity index (χ0) is 10.2. The summed E-state index contributed by atoms with van der Waals surface area (Å²) < 4.78 is 23.4. The summed E-state index contributed by atoms with van der Waals surface area (Å²) in [7, 11) is -2.81. The summed E-state index contributed by atoms with van der Waals surface area (Å²) in [6.45, 7) is 4.75. The van der Waals surface area contributed by atoms with Crippen molar-refractivity contribution in [2.45, 2.75) is 31.2 Å². The highest BCUT2D eigenvalue weighted by Gasteiger charge is 2.37. The third-order valence-electron chi connectivity index (χ3n) is 3.10. The Morgan fingerprint density at radius 2 is 2.21 bits per heavy atom. The maximum Gasteiger partial charge on any atom is 0.166 e. The van der Waals surface area contributed by atoms with Gasteiger partial charge >= 0.3 is 0 Å². The molecule has 2 atom stereocenters. The van der Waals surface area contributed by atoms with Crippen LogP contribution in [0.2, 0.25) is 0 Å². The van der Waals surface area contributed by atoms with E-state index >= 15 is 0 Å². The predicted octanol–water partition coefficient (Wildman–Crippen LogP) is -0.185. The van der Waals surface area contributed by atoms with Crippen molar-refractivity contribution in [3.05, 3.63) is 0 Å². The largest absolute Gasteiger partial charge is 0.312 e. The van der Waals surface area contributed by atoms with Crippen LogP contribution < -0.4 is 5.32 Å². The fourth-order valence-electron chi connectivity index (χ4n) is 2.41. The van der Waals surface area contributed by atoms with Crippen molar-refractivity contribution < 1.29 is 8.42 Å². The topological polar surface area (TPSA) is 49.4 Å². The van der Waals surface area contributed by atoms with Crippen molar-refractivity contribution in [2.24, 2.45) is 0 Å². The first-order valence-electron chi connectivity index (χ1n) is 5.28. The van der Waals surface area contributed by atoms with Gasteiger partial charge in [0.1, 0.15) is 5.37 Å². The van der Waals surface area contributed by atoms with Gasteiger partial charge in [-0.05, 0) is 19.8 Å². The summed E-state index contributed by atoms with van der Waals surface area (Å²) >= 11 is 0. The third-order valence-corrected chi connectivity index (χ3v) is 5.32. The van der Waals surface area contributed by atoms with Gasteiger partial charge in [-0.2, -0.15) is 0 Å². The highest BCUT2D eigenvalue weighted by Crippen LogP contribution is 2.24. The van der Waals surface area contributed by atoms with Gasteiger partial charge in [-0.15, -0.1) is 0 Å². The molecule has 14 heavy (non-hydrogen) atoms. The highest BCUT2D eigenvalue weighted by molar-refractivity contribution is 7.92. The van der Waals surface area contributed by atoms with Crippen molar-refractivity contribution >= 4 is 9.84 Å². The van der Waals surface area contributed by atoms with Crippen LogP contribution in [0.25, 0.3) is 0 Å². The quantitative estimate of drug-likeness (QED) is 0.663. The molecule has 0 amide bonds. The standard InChI is InChI=1S/C9H18N2O2S/c1-8-7-11(5-4-10-8)9-3-2-6-14(9,12)13/h8-10H,2-7H2,1H3. The highest BCUT2D eigenvalue weighted by atomic mass is 32.2. The Morgan fingerprint density at radius 1 is 1.43 bits per heavy atom. The van der Waals surface area contributed by atoms with E-state index in [-0.39, 0.29) is 5.37 Å². The molecule has 1 N–H and O–H groups in total. The lowest BCUT2D eigenvalue weighted by atomic mass is 10.2. The minimum atomic E-state index is -2.81. The van der Waals surface area contributed by atoms with Gasteiger partial charge in [0.25, 0.3) is 0 Å². The van der Waals surface area contributed by atoms with Crippen LogP contribution in [0.3, 0.4) is 0 Å². The Balaban J connectivity index is 2.07. The van der Waals surface area contributed by atoms with E-state index in [1.165, 1.54) is 0 Å². The van der Waals surface area contributed by atoms with Gasteiger partial charge in [0.05, 0.1) is 5.75 Å². The molecule has 4 nitrogen and oxygen atoms in total. The molecule has 0 aromatic heterocycles. The molecule has 0 aromatic carbocycles. The van der Waals surface area contributed by atoms with Gasteiger partial charge in [-0.3, -0.25) is 4.90 Å². The van der Waals surface area contributed by atoms with E-state index in [4.69, 9.17) is 0 Å². The molecular weight excluding hydrogens is 200 g/mol. The first-order valence-corrected chi connectivity index (χ1v) is 7.00. The van der Waals surface area contributed by atoms with Gasteiger partial charge < -0.3 is 5.32 Å². The Labute approximate surface area is 85.6 Å². The first-order chi connectivity index (χ1) is 6.59. The summed E-state index contributed by atoms with van der Waals surface area (Å²) in [5.74, 6) is 0.385. The molecule has 2 saturated heterocycles. The minimum Gasteiger partial charge on any atom is -0.312 e. The van der Waals surface area contributed by atoms with Crippen molar-refractivity contribution in [3.63, 3.8) is 0 Å². The molecule has 0 aromatic rings. The number of nitrogens with one attached hydrogen (secondary N) is 1. The van der Waals surface area contributed by atoms with Crippen LogP contribution in [-0.4, -0.2) is 50.1 Å². The summed E-state index contributed by atoms with van der Waals surface area (Å²) in [6, 6.07) is 0.416. The second-order valence-corrected chi connectivity index (χ2v) is 6.59. The number of nitrogens with zero attached hydrogens (tertiary/aromatic N) is 1. The van der Waals surface area contributed by atoms with Gasteiger partial charge in [0.2, 0.25) is 0 Å². The van der Waals surface area contributed by atoms with Gasteiger partial charge in [-0.25, -0.2) is 8.42 Å². The molecular formula is C9H18N2O2S. The monoisotopic (exact) mass is 218 g/mol. The summed E-state index contributed by atoms with van der Waals surface area (Å²) in [6.07, 6.45) is 1.67. The van der Waals surface area contributed by atoms with E-state index in [9.17, 15) is 8.42 Å². The van der Waals surface area contributed by atoms with Gasteiger partial charge in [-0.1, -0.05) is 0 Å². The van der Waals surface area contributed by atoms with Gasteiger partial charge in [0.15, 0.2) is 9.84 Å². The van der Waals surface area contributed by atoms with Crippen LogP contribution in [0.15, 0.2) is 0 Å².